The van der Waals surface area contributed by atoms with E-state index < -0.39 is 5.97 Å². The summed E-state index contributed by atoms with van der Waals surface area (Å²) in [6, 6.07) is 0. The van der Waals surface area contributed by atoms with E-state index in [4.69, 9.17) is 9.52 Å². The number of hydrogen-bond acceptors (Lipinski definition) is 4. The van der Waals surface area contributed by atoms with Gasteiger partial charge in [-0.05, 0) is 0 Å². The third kappa shape index (κ3) is 4.81. The monoisotopic (exact) mass is 257 g/mol. The van der Waals surface area contributed by atoms with Crippen molar-refractivity contribution in [3.8, 4) is 0 Å². The molecule has 0 amide bonds. The fraction of sp³-hybridized carbons (Fsp3) is 0.667. The molecule has 17 heavy (non-hydrogen) atoms. The Morgan fingerprint density at radius 2 is 2.24 bits per heavy atom. The lowest BCUT2D eigenvalue weighted by Gasteiger charge is -2.13. The van der Waals surface area contributed by atoms with Crippen molar-refractivity contribution in [2.45, 2.75) is 50.5 Å². The molecule has 0 bridgehead atoms. The zero-order valence-electron chi connectivity index (χ0n) is 10.7. The standard InChI is InChI=1S/C12H19NO3S/c1-8(5-11(14)15)17-7-10-13-6-9(16-10)12(2,3)4/h6,8H,5,7H2,1-4H3,(H,14,15). The van der Waals surface area contributed by atoms with Gasteiger partial charge in [-0.2, -0.15) is 0 Å². The summed E-state index contributed by atoms with van der Waals surface area (Å²) in [6.07, 6.45) is 1.91. The van der Waals surface area contributed by atoms with Gasteiger partial charge in [0.25, 0.3) is 0 Å². The van der Waals surface area contributed by atoms with Gasteiger partial charge in [-0.3, -0.25) is 4.79 Å². The highest BCUT2D eigenvalue weighted by Gasteiger charge is 2.19. The highest BCUT2D eigenvalue weighted by atomic mass is 32.2. The van der Waals surface area contributed by atoms with Crippen LogP contribution in [0.3, 0.4) is 0 Å². The van der Waals surface area contributed by atoms with Gasteiger partial charge >= 0.3 is 5.97 Å². The predicted molar refractivity (Wildman–Crippen MR) is 68.2 cm³/mol. The molecule has 0 aliphatic carbocycles. The van der Waals surface area contributed by atoms with Crippen molar-refractivity contribution in [1.82, 2.24) is 4.98 Å². The van der Waals surface area contributed by atoms with E-state index in [1.807, 2.05) is 6.92 Å². The first-order valence-electron chi connectivity index (χ1n) is 5.57. The van der Waals surface area contributed by atoms with E-state index in [1.54, 1.807) is 18.0 Å². The Hall–Kier alpha value is -0.970. The molecule has 1 heterocycles. The van der Waals surface area contributed by atoms with E-state index in [0.29, 0.717) is 11.6 Å². The summed E-state index contributed by atoms with van der Waals surface area (Å²) in [4.78, 5) is 14.7. The minimum atomic E-state index is -0.771. The van der Waals surface area contributed by atoms with Crippen LogP contribution in [0.1, 0.15) is 45.8 Å². The number of oxazole rings is 1. The van der Waals surface area contributed by atoms with Crippen LogP contribution in [-0.4, -0.2) is 21.3 Å². The third-order valence-corrected chi connectivity index (χ3v) is 3.40. The number of rotatable bonds is 5. The minimum Gasteiger partial charge on any atom is -0.481 e. The number of aliphatic carboxylic acids is 1. The summed E-state index contributed by atoms with van der Waals surface area (Å²) in [6.45, 7) is 8.10. The number of nitrogens with zero attached hydrogens (tertiary/aromatic N) is 1. The van der Waals surface area contributed by atoms with Crippen LogP contribution in [0, 0.1) is 0 Å². The second-order valence-corrected chi connectivity index (χ2v) is 6.51. The second-order valence-electron chi connectivity index (χ2n) is 5.09. The van der Waals surface area contributed by atoms with Crippen molar-refractivity contribution in [3.05, 3.63) is 17.8 Å². The summed E-state index contributed by atoms with van der Waals surface area (Å²) < 4.78 is 5.62. The number of thioether (sulfide) groups is 1. The Labute approximate surface area is 106 Å². The Bertz CT molecular complexity index is 381. The third-order valence-electron chi connectivity index (χ3n) is 2.25. The molecule has 5 heteroatoms. The first kappa shape index (κ1) is 14.1. The maximum Gasteiger partial charge on any atom is 0.304 e. The number of carboxylic acids is 1. The van der Waals surface area contributed by atoms with E-state index in [0.717, 1.165) is 5.76 Å². The number of aromatic nitrogens is 1. The normalized spacial score (nSPS) is 13.6. The molecule has 0 aliphatic rings. The lowest BCUT2D eigenvalue weighted by atomic mass is 9.94. The molecule has 0 spiro atoms. The molecule has 1 rings (SSSR count). The lowest BCUT2D eigenvalue weighted by Crippen LogP contribution is -2.09. The summed E-state index contributed by atoms with van der Waals surface area (Å²) in [5, 5.41) is 8.71. The molecule has 1 N–H and O–H groups in total. The number of carboxylic acid groups (broad SMARTS) is 1. The SMILES string of the molecule is CC(CC(=O)O)SCc1ncc(C(C)(C)C)o1. The Morgan fingerprint density at radius 3 is 2.71 bits per heavy atom. The van der Waals surface area contributed by atoms with Crippen LogP contribution >= 0.6 is 11.8 Å². The fourth-order valence-electron chi connectivity index (χ4n) is 1.24. The first-order valence-corrected chi connectivity index (χ1v) is 6.62. The summed E-state index contributed by atoms with van der Waals surface area (Å²) in [5.41, 5.74) is -0.0391. The molecule has 1 unspecified atom stereocenters. The Morgan fingerprint density at radius 1 is 1.59 bits per heavy atom. The summed E-state index contributed by atoms with van der Waals surface area (Å²) in [5.74, 6) is 1.37. The van der Waals surface area contributed by atoms with Gasteiger partial charge in [0.1, 0.15) is 5.76 Å². The predicted octanol–water partition coefficient (Wildman–Crippen LogP) is 3.07. The van der Waals surface area contributed by atoms with Gasteiger partial charge in [0, 0.05) is 10.7 Å². The molecule has 1 aromatic heterocycles. The van der Waals surface area contributed by atoms with Gasteiger partial charge in [-0.25, -0.2) is 4.98 Å². The lowest BCUT2D eigenvalue weighted by molar-refractivity contribution is -0.136. The number of carbonyl (C=O) groups is 1. The second kappa shape index (κ2) is 5.58. The van der Waals surface area contributed by atoms with Gasteiger partial charge < -0.3 is 9.52 Å². The van der Waals surface area contributed by atoms with E-state index in [2.05, 4.69) is 25.8 Å². The molecule has 0 saturated heterocycles. The molecular weight excluding hydrogens is 238 g/mol. The van der Waals surface area contributed by atoms with Crippen molar-refractivity contribution in [1.29, 1.82) is 0 Å². The topological polar surface area (TPSA) is 63.3 Å². The van der Waals surface area contributed by atoms with Crippen molar-refractivity contribution in [2.24, 2.45) is 0 Å². The van der Waals surface area contributed by atoms with Crippen LogP contribution in [0.4, 0.5) is 0 Å². The molecule has 0 aliphatic heterocycles. The Balaban J connectivity index is 2.48. The molecule has 1 aromatic rings. The maximum absolute atomic E-state index is 10.5. The molecule has 96 valence electrons. The highest BCUT2D eigenvalue weighted by Crippen LogP contribution is 2.25. The van der Waals surface area contributed by atoms with Crippen LogP contribution in [0.2, 0.25) is 0 Å². The van der Waals surface area contributed by atoms with Crippen LogP contribution in [-0.2, 0) is 16.0 Å². The van der Waals surface area contributed by atoms with Crippen LogP contribution in [0.15, 0.2) is 10.6 Å². The van der Waals surface area contributed by atoms with Crippen LogP contribution in [0.25, 0.3) is 0 Å². The van der Waals surface area contributed by atoms with Crippen molar-refractivity contribution < 1.29 is 14.3 Å². The summed E-state index contributed by atoms with van der Waals surface area (Å²) in [7, 11) is 0. The highest BCUT2D eigenvalue weighted by molar-refractivity contribution is 7.99. The van der Waals surface area contributed by atoms with Crippen molar-refractivity contribution >= 4 is 17.7 Å². The first-order chi connectivity index (χ1) is 7.79. The Kier molecular flexibility index (Phi) is 4.62. The van der Waals surface area contributed by atoms with Crippen molar-refractivity contribution in [2.75, 3.05) is 0 Å². The van der Waals surface area contributed by atoms with Gasteiger partial charge in [0.2, 0.25) is 5.89 Å². The zero-order chi connectivity index (χ0) is 13.1. The van der Waals surface area contributed by atoms with Gasteiger partial charge in [-0.15, -0.1) is 11.8 Å². The minimum absolute atomic E-state index is 0.0391. The van der Waals surface area contributed by atoms with E-state index in [9.17, 15) is 4.79 Å². The number of hydrogen-bond donors (Lipinski definition) is 1. The average Bonchev–Trinajstić information content (AvgIpc) is 2.61. The fourth-order valence-corrected chi connectivity index (χ4v) is 2.06. The molecule has 0 radical (unpaired) electrons. The average molecular weight is 257 g/mol. The molecular formula is C12H19NO3S. The maximum atomic E-state index is 10.5. The molecule has 1 atom stereocenters. The van der Waals surface area contributed by atoms with E-state index >= 15 is 0 Å². The van der Waals surface area contributed by atoms with Crippen molar-refractivity contribution in [3.63, 3.8) is 0 Å². The van der Waals surface area contributed by atoms with Crippen LogP contribution in [0.5, 0.6) is 0 Å². The quantitative estimate of drug-likeness (QED) is 0.878. The molecule has 0 fully saturated rings. The van der Waals surface area contributed by atoms with Crippen LogP contribution < -0.4 is 0 Å². The smallest absolute Gasteiger partial charge is 0.304 e. The van der Waals surface area contributed by atoms with E-state index in [-0.39, 0.29) is 17.1 Å². The van der Waals surface area contributed by atoms with E-state index in [1.165, 1.54) is 0 Å². The van der Waals surface area contributed by atoms with Gasteiger partial charge in [0.05, 0.1) is 18.4 Å². The van der Waals surface area contributed by atoms with Gasteiger partial charge in [-0.1, -0.05) is 27.7 Å². The largest absolute Gasteiger partial charge is 0.481 e. The zero-order valence-corrected chi connectivity index (χ0v) is 11.5. The molecule has 0 saturated carbocycles. The van der Waals surface area contributed by atoms with Gasteiger partial charge in [0.15, 0.2) is 0 Å². The summed E-state index contributed by atoms with van der Waals surface area (Å²) >= 11 is 1.54. The molecule has 0 aromatic carbocycles. The molecule has 4 nitrogen and oxygen atoms in total.